The summed E-state index contributed by atoms with van der Waals surface area (Å²) in [6, 6.07) is 8.40. The van der Waals surface area contributed by atoms with Crippen LogP contribution in [-0.4, -0.2) is 40.0 Å². The smallest absolute Gasteiger partial charge is 0.238 e. The normalized spacial score (nSPS) is 19.3. The van der Waals surface area contributed by atoms with Gasteiger partial charge in [-0.2, -0.15) is 5.10 Å². The molecule has 0 atom stereocenters. The zero-order chi connectivity index (χ0) is 18.3. The number of nitrogens with zero attached hydrogens (tertiary/aromatic N) is 2. The highest BCUT2D eigenvalue weighted by Crippen LogP contribution is 2.47. The zero-order valence-electron chi connectivity index (χ0n) is 15.0. The van der Waals surface area contributed by atoms with Crippen LogP contribution in [0.15, 0.2) is 30.5 Å². The molecule has 4 rings (SSSR count). The highest BCUT2D eigenvalue weighted by atomic mass is 16.2. The van der Waals surface area contributed by atoms with Gasteiger partial charge in [0.15, 0.2) is 0 Å². The van der Waals surface area contributed by atoms with Crippen LogP contribution in [-0.2, 0) is 9.59 Å². The number of likely N-dealkylation sites (tertiary alicyclic amines) is 1. The van der Waals surface area contributed by atoms with Crippen molar-refractivity contribution in [1.29, 1.82) is 0 Å². The fourth-order valence-electron chi connectivity index (χ4n) is 4.01. The van der Waals surface area contributed by atoms with E-state index in [1.165, 1.54) is 5.56 Å². The number of nitrogens with two attached hydrogens (primary N) is 1. The van der Waals surface area contributed by atoms with Crippen molar-refractivity contribution in [3.63, 3.8) is 0 Å². The Morgan fingerprint density at radius 3 is 2.62 bits per heavy atom. The fourth-order valence-corrected chi connectivity index (χ4v) is 4.01. The lowest BCUT2D eigenvalue weighted by atomic mass is 9.88. The molecule has 2 fully saturated rings. The number of carbonyl (C=O) groups excluding carboxylic acids is 2. The standard InChI is InChI=1S/C20H24N4O2/c1-13-3-2-4-15(11-13)16-12-22-23-17(16)14-5-9-24(10-6-14)19(26)20(7-8-20)18(21)25/h2-4,11-12,14H,5-10H2,1H3,(H2,21,25)(H,22,23). The summed E-state index contributed by atoms with van der Waals surface area (Å²) in [6.45, 7) is 3.40. The molecule has 0 unspecified atom stereocenters. The van der Waals surface area contributed by atoms with Gasteiger partial charge in [-0.05, 0) is 38.2 Å². The van der Waals surface area contributed by atoms with Crippen molar-refractivity contribution in [2.45, 2.75) is 38.5 Å². The Bertz CT molecular complexity index is 845. The van der Waals surface area contributed by atoms with Gasteiger partial charge >= 0.3 is 0 Å². The molecule has 0 bridgehead atoms. The van der Waals surface area contributed by atoms with Gasteiger partial charge in [0, 0.05) is 30.3 Å². The van der Waals surface area contributed by atoms with Crippen LogP contribution in [0.5, 0.6) is 0 Å². The van der Waals surface area contributed by atoms with E-state index >= 15 is 0 Å². The van der Waals surface area contributed by atoms with E-state index in [-0.39, 0.29) is 5.91 Å². The molecule has 1 aromatic heterocycles. The van der Waals surface area contributed by atoms with Gasteiger partial charge in [0.1, 0.15) is 5.41 Å². The van der Waals surface area contributed by atoms with Gasteiger partial charge in [-0.1, -0.05) is 29.8 Å². The van der Waals surface area contributed by atoms with Crippen molar-refractivity contribution in [2.24, 2.45) is 11.1 Å². The van der Waals surface area contributed by atoms with Gasteiger partial charge < -0.3 is 10.6 Å². The summed E-state index contributed by atoms with van der Waals surface area (Å²) >= 11 is 0. The van der Waals surface area contributed by atoms with E-state index in [1.54, 1.807) is 0 Å². The second kappa shape index (κ2) is 6.27. The molecule has 2 heterocycles. The molecule has 1 saturated carbocycles. The van der Waals surface area contributed by atoms with E-state index in [1.807, 2.05) is 11.1 Å². The maximum atomic E-state index is 12.6. The van der Waals surface area contributed by atoms with Gasteiger partial charge in [0.2, 0.25) is 11.8 Å². The number of benzene rings is 1. The Balaban J connectivity index is 1.47. The van der Waals surface area contributed by atoms with Crippen molar-refractivity contribution < 1.29 is 9.59 Å². The summed E-state index contributed by atoms with van der Waals surface area (Å²) in [5.74, 6) is -0.215. The largest absolute Gasteiger partial charge is 0.369 e. The fraction of sp³-hybridized carbons (Fsp3) is 0.450. The first-order valence-electron chi connectivity index (χ1n) is 9.21. The van der Waals surface area contributed by atoms with Gasteiger partial charge in [-0.25, -0.2) is 0 Å². The number of carbonyl (C=O) groups is 2. The molecular weight excluding hydrogens is 328 g/mol. The molecule has 6 heteroatoms. The van der Waals surface area contributed by atoms with E-state index in [9.17, 15) is 9.59 Å². The molecule has 6 nitrogen and oxygen atoms in total. The summed E-state index contributed by atoms with van der Waals surface area (Å²) in [6.07, 6.45) is 4.80. The van der Waals surface area contributed by atoms with Crippen LogP contribution in [0.2, 0.25) is 0 Å². The molecule has 136 valence electrons. The molecule has 3 N–H and O–H groups in total. The van der Waals surface area contributed by atoms with Gasteiger partial charge in [-0.15, -0.1) is 0 Å². The number of aryl methyl sites for hydroxylation is 1. The van der Waals surface area contributed by atoms with Gasteiger partial charge in [0.25, 0.3) is 0 Å². The maximum Gasteiger partial charge on any atom is 0.238 e. The molecule has 2 aliphatic rings. The minimum Gasteiger partial charge on any atom is -0.369 e. The lowest BCUT2D eigenvalue weighted by molar-refractivity contribution is -0.143. The van der Waals surface area contributed by atoms with Crippen molar-refractivity contribution in [1.82, 2.24) is 15.1 Å². The average Bonchev–Trinajstić information content (AvgIpc) is 3.32. The Hall–Kier alpha value is -2.63. The molecule has 0 radical (unpaired) electrons. The predicted molar refractivity (Wildman–Crippen MR) is 98.2 cm³/mol. The quantitative estimate of drug-likeness (QED) is 0.827. The van der Waals surface area contributed by atoms with Crippen molar-refractivity contribution in [2.75, 3.05) is 13.1 Å². The summed E-state index contributed by atoms with van der Waals surface area (Å²) < 4.78 is 0. The number of amides is 2. The Kier molecular flexibility index (Phi) is 4.05. The van der Waals surface area contributed by atoms with Crippen molar-refractivity contribution in [3.05, 3.63) is 41.7 Å². The van der Waals surface area contributed by atoms with Crippen LogP contribution in [0.25, 0.3) is 11.1 Å². The number of rotatable bonds is 4. The Labute approximate surface area is 152 Å². The monoisotopic (exact) mass is 352 g/mol. The van der Waals surface area contributed by atoms with Crippen LogP contribution in [0, 0.1) is 12.3 Å². The van der Waals surface area contributed by atoms with Crippen LogP contribution in [0.3, 0.4) is 0 Å². The van der Waals surface area contributed by atoms with Gasteiger partial charge in [0.05, 0.1) is 6.20 Å². The molecular formula is C20H24N4O2. The molecule has 1 aromatic carbocycles. The first-order valence-corrected chi connectivity index (χ1v) is 9.21. The second-order valence-corrected chi connectivity index (χ2v) is 7.58. The van der Waals surface area contributed by atoms with Crippen LogP contribution in [0.4, 0.5) is 0 Å². The molecule has 2 aromatic rings. The Morgan fingerprint density at radius 1 is 1.27 bits per heavy atom. The molecule has 0 spiro atoms. The number of aromatic amines is 1. The molecule has 2 amide bonds. The molecule has 1 aliphatic carbocycles. The van der Waals surface area contributed by atoms with E-state index in [2.05, 4.69) is 41.4 Å². The van der Waals surface area contributed by atoms with E-state index < -0.39 is 11.3 Å². The van der Waals surface area contributed by atoms with Crippen molar-refractivity contribution >= 4 is 11.8 Å². The number of H-pyrrole nitrogens is 1. The summed E-state index contributed by atoms with van der Waals surface area (Å²) in [4.78, 5) is 26.1. The van der Waals surface area contributed by atoms with Crippen molar-refractivity contribution in [3.8, 4) is 11.1 Å². The second-order valence-electron chi connectivity index (χ2n) is 7.58. The van der Waals surface area contributed by atoms with E-state index in [0.29, 0.717) is 31.8 Å². The first-order chi connectivity index (χ1) is 12.5. The minimum absolute atomic E-state index is 0.0769. The third-order valence-electron chi connectivity index (χ3n) is 5.82. The van der Waals surface area contributed by atoms with Crippen LogP contribution in [0.1, 0.15) is 42.9 Å². The molecule has 1 saturated heterocycles. The van der Waals surface area contributed by atoms with Crippen LogP contribution >= 0.6 is 0 Å². The minimum atomic E-state index is -0.909. The summed E-state index contributed by atoms with van der Waals surface area (Å²) in [7, 11) is 0. The third-order valence-corrected chi connectivity index (χ3v) is 5.82. The molecule has 1 aliphatic heterocycles. The van der Waals surface area contributed by atoms with E-state index in [4.69, 9.17) is 5.73 Å². The topological polar surface area (TPSA) is 92.1 Å². The molecule has 26 heavy (non-hydrogen) atoms. The highest BCUT2D eigenvalue weighted by molar-refractivity contribution is 6.07. The number of primary amides is 1. The average molecular weight is 352 g/mol. The Morgan fingerprint density at radius 2 is 2.00 bits per heavy atom. The zero-order valence-corrected chi connectivity index (χ0v) is 15.0. The van der Waals surface area contributed by atoms with Gasteiger partial charge in [-0.3, -0.25) is 14.7 Å². The SMILES string of the molecule is Cc1cccc(-c2cn[nH]c2C2CCN(C(=O)C3(C(N)=O)CC3)CC2)c1. The van der Waals surface area contributed by atoms with E-state index in [0.717, 1.165) is 29.7 Å². The summed E-state index contributed by atoms with van der Waals surface area (Å²) in [5, 5.41) is 7.43. The number of hydrogen-bond acceptors (Lipinski definition) is 3. The number of piperidine rings is 1. The summed E-state index contributed by atoms with van der Waals surface area (Å²) in [5.41, 5.74) is 9.19. The highest BCUT2D eigenvalue weighted by Gasteiger charge is 2.57. The third kappa shape index (κ3) is 2.79. The number of nitrogens with one attached hydrogen (secondary N) is 1. The number of hydrogen-bond donors (Lipinski definition) is 2. The lowest BCUT2D eigenvalue weighted by Crippen LogP contribution is -2.46. The lowest BCUT2D eigenvalue weighted by Gasteiger charge is -2.33. The first kappa shape index (κ1) is 16.8. The predicted octanol–water partition coefficient (Wildman–Crippen LogP) is 2.36. The maximum absolute atomic E-state index is 12.6. The van der Waals surface area contributed by atoms with Crippen LogP contribution < -0.4 is 5.73 Å². The number of aromatic nitrogens is 2.